The summed E-state index contributed by atoms with van der Waals surface area (Å²) in [6.07, 6.45) is 0.979. The van der Waals surface area contributed by atoms with Crippen LogP contribution in [0.15, 0.2) is 138 Å². The molecular formula is C41H43N3O5S. The van der Waals surface area contributed by atoms with Crippen molar-refractivity contribution in [3.63, 3.8) is 0 Å². The van der Waals surface area contributed by atoms with E-state index in [4.69, 9.17) is 4.74 Å². The van der Waals surface area contributed by atoms with Crippen molar-refractivity contribution in [2.24, 2.45) is 0 Å². The molecule has 50 heavy (non-hydrogen) atoms. The molecule has 5 rings (SSSR count). The number of hydrogen-bond acceptors (Lipinski definition) is 5. The van der Waals surface area contributed by atoms with Gasteiger partial charge in [0.1, 0.15) is 24.1 Å². The number of hydrogen-bond donors (Lipinski definition) is 1. The number of nitrogens with one attached hydrogen (secondary N) is 1. The number of carbonyl (C=O) groups is 2. The molecule has 0 unspecified atom stereocenters. The third kappa shape index (κ3) is 9.39. The van der Waals surface area contributed by atoms with Crippen LogP contribution in [0.1, 0.15) is 35.6 Å². The number of aryl methyl sites for hydroxylation is 2. The zero-order chi connectivity index (χ0) is 35.5. The maximum absolute atomic E-state index is 14.7. The Kier molecular flexibility index (Phi) is 12.1. The minimum absolute atomic E-state index is 0.0484. The van der Waals surface area contributed by atoms with Gasteiger partial charge in [0.15, 0.2) is 0 Å². The van der Waals surface area contributed by atoms with E-state index in [0.717, 1.165) is 33.0 Å². The van der Waals surface area contributed by atoms with Gasteiger partial charge in [-0.1, -0.05) is 103 Å². The maximum Gasteiger partial charge on any atom is 0.264 e. The van der Waals surface area contributed by atoms with E-state index in [1.165, 1.54) is 17.0 Å². The van der Waals surface area contributed by atoms with Gasteiger partial charge in [-0.3, -0.25) is 13.9 Å². The summed E-state index contributed by atoms with van der Waals surface area (Å²) >= 11 is 0. The van der Waals surface area contributed by atoms with E-state index in [1.807, 2.05) is 106 Å². The molecule has 0 heterocycles. The third-order valence-corrected chi connectivity index (χ3v) is 10.0. The van der Waals surface area contributed by atoms with Gasteiger partial charge in [0.05, 0.1) is 10.6 Å². The zero-order valence-electron chi connectivity index (χ0n) is 28.7. The molecular weight excluding hydrogens is 647 g/mol. The largest absolute Gasteiger partial charge is 0.457 e. The van der Waals surface area contributed by atoms with Crippen LogP contribution in [0, 0.1) is 13.8 Å². The quantitative estimate of drug-likeness (QED) is 0.123. The second-order valence-electron chi connectivity index (χ2n) is 12.2. The molecule has 1 atom stereocenters. The van der Waals surface area contributed by atoms with Crippen LogP contribution < -0.4 is 14.4 Å². The molecule has 5 aromatic rings. The Morgan fingerprint density at radius 1 is 0.720 bits per heavy atom. The first kappa shape index (κ1) is 35.9. The van der Waals surface area contributed by atoms with Crippen molar-refractivity contribution in [2.45, 2.75) is 51.1 Å². The molecule has 5 aromatic carbocycles. The number of carbonyl (C=O) groups excluding carboxylic acids is 2. The molecule has 9 heteroatoms. The number of nitrogens with zero attached hydrogens (tertiary/aromatic N) is 2. The van der Waals surface area contributed by atoms with Crippen LogP contribution in [0.25, 0.3) is 0 Å². The van der Waals surface area contributed by atoms with Crippen molar-refractivity contribution >= 4 is 27.5 Å². The number of ether oxygens (including phenoxy) is 1. The van der Waals surface area contributed by atoms with Crippen LogP contribution >= 0.6 is 0 Å². The molecule has 258 valence electrons. The lowest BCUT2D eigenvalue weighted by Gasteiger charge is -2.34. The highest BCUT2D eigenvalue weighted by atomic mass is 32.2. The molecule has 0 saturated carbocycles. The number of anilines is 1. The average Bonchev–Trinajstić information content (AvgIpc) is 3.12. The molecule has 0 radical (unpaired) electrons. The molecule has 2 amide bonds. The Bertz CT molecular complexity index is 1970. The van der Waals surface area contributed by atoms with E-state index in [-0.39, 0.29) is 29.5 Å². The zero-order valence-corrected chi connectivity index (χ0v) is 29.5. The van der Waals surface area contributed by atoms with Gasteiger partial charge in [0, 0.05) is 19.5 Å². The lowest BCUT2D eigenvalue weighted by molar-refractivity contribution is -0.140. The standard InChI is InChI=1S/C41H43N3O5S/c1-4-26-42-41(46)39(28-33-13-7-5-8-14-33)43(29-34-15-11-12-32(3)27-34)40(45)30-44(50(47,48)38-24-18-31(2)19-25-38)35-20-22-37(23-21-35)49-36-16-9-6-10-17-36/h5-25,27,39H,4,26,28-30H2,1-3H3,(H,42,46)/t39-/m0/s1. The fourth-order valence-corrected chi connectivity index (χ4v) is 7.01. The fourth-order valence-electron chi connectivity index (χ4n) is 5.60. The van der Waals surface area contributed by atoms with E-state index < -0.39 is 28.5 Å². The van der Waals surface area contributed by atoms with E-state index in [2.05, 4.69) is 5.32 Å². The maximum atomic E-state index is 14.7. The van der Waals surface area contributed by atoms with Gasteiger partial charge in [-0.05, 0) is 79.9 Å². The topological polar surface area (TPSA) is 96.0 Å². The first-order valence-corrected chi connectivity index (χ1v) is 18.2. The predicted octanol–water partition coefficient (Wildman–Crippen LogP) is 7.46. The Labute approximate surface area is 295 Å². The summed E-state index contributed by atoms with van der Waals surface area (Å²) < 4.78 is 35.8. The van der Waals surface area contributed by atoms with E-state index in [1.54, 1.807) is 36.4 Å². The Hall–Kier alpha value is -5.41. The highest BCUT2D eigenvalue weighted by Gasteiger charge is 2.34. The van der Waals surface area contributed by atoms with Crippen molar-refractivity contribution in [3.8, 4) is 11.5 Å². The summed E-state index contributed by atoms with van der Waals surface area (Å²) in [5.41, 5.74) is 3.90. The fraction of sp³-hybridized carbons (Fsp3) is 0.220. The highest BCUT2D eigenvalue weighted by Crippen LogP contribution is 2.29. The first-order valence-electron chi connectivity index (χ1n) is 16.7. The molecule has 0 saturated heterocycles. The molecule has 1 N–H and O–H groups in total. The minimum Gasteiger partial charge on any atom is -0.457 e. The van der Waals surface area contributed by atoms with Crippen molar-refractivity contribution in [1.29, 1.82) is 0 Å². The molecule has 0 aliphatic rings. The van der Waals surface area contributed by atoms with Crippen LogP contribution in [-0.2, 0) is 32.6 Å². The van der Waals surface area contributed by atoms with Gasteiger partial charge < -0.3 is 15.0 Å². The number of rotatable bonds is 15. The molecule has 0 aliphatic heterocycles. The number of amides is 2. The number of sulfonamides is 1. The number of para-hydroxylation sites is 1. The minimum atomic E-state index is -4.23. The summed E-state index contributed by atoms with van der Waals surface area (Å²) in [5.74, 6) is 0.333. The second-order valence-corrected chi connectivity index (χ2v) is 14.1. The summed E-state index contributed by atoms with van der Waals surface area (Å²) in [7, 11) is -4.23. The van der Waals surface area contributed by atoms with E-state index in [0.29, 0.717) is 18.0 Å². The smallest absolute Gasteiger partial charge is 0.264 e. The van der Waals surface area contributed by atoms with Crippen molar-refractivity contribution < 1.29 is 22.7 Å². The van der Waals surface area contributed by atoms with Gasteiger partial charge in [-0.25, -0.2) is 8.42 Å². The van der Waals surface area contributed by atoms with E-state index in [9.17, 15) is 18.0 Å². The molecule has 0 bridgehead atoms. The van der Waals surface area contributed by atoms with Crippen LogP contribution in [0.2, 0.25) is 0 Å². The van der Waals surface area contributed by atoms with E-state index >= 15 is 0 Å². The Morgan fingerprint density at radius 2 is 1.34 bits per heavy atom. The van der Waals surface area contributed by atoms with Crippen LogP contribution in [0.3, 0.4) is 0 Å². The van der Waals surface area contributed by atoms with Crippen LogP contribution in [0.5, 0.6) is 11.5 Å². The van der Waals surface area contributed by atoms with Gasteiger partial charge in [-0.15, -0.1) is 0 Å². The molecule has 0 aromatic heterocycles. The molecule has 0 aliphatic carbocycles. The highest BCUT2D eigenvalue weighted by molar-refractivity contribution is 7.92. The van der Waals surface area contributed by atoms with Gasteiger partial charge in [0.25, 0.3) is 10.0 Å². The first-order chi connectivity index (χ1) is 24.1. The summed E-state index contributed by atoms with van der Waals surface area (Å²) in [4.78, 5) is 30.1. The van der Waals surface area contributed by atoms with Crippen molar-refractivity contribution in [1.82, 2.24) is 10.2 Å². The second kappa shape index (κ2) is 16.8. The van der Waals surface area contributed by atoms with Gasteiger partial charge >= 0.3 is 0 Å². The lowest BCUT2D eigenvalue weighted by Crippen LogP contribution is -2.53. The average molecular weight is 690 g/mol. The SMILES string of the molecule is CCCNC(=O)[C@H](Cc1ccccc1)N(Cc1cccc(C)c1)C(=O)CN(c1ccc(Oc2ccccc2)cc1)S(=O)(=O)c1ccc(C)cc1. The Morgan fingerprint density at radius 3 is 1.98 bits per heavy atom. The summed E-state index contributed by atoms with van der Waals surface area (Å²) in [5, 5.41) is 2.98. The molecule has 0 fully saturated rings. The third-order valence-electron chi connectivity index (χ3n) is 8.25. The van der Waals surface area contributed by atoms with Crippen molar-refractivity contribution in [3.05, 3.63) is 156 Å². The van der Waals surface area contributed by atoms with Gasteiger partial charge in [-0.2, -0.15) is 0 Å². The van der Waals surface area contributed by atoms with Crippen LogP contribution in [0.4, 0.5) is 5.69 Å². The molecule has 0 spiro atoms. The summed E-state index contributed by atoms with van der Waals surface area (Å²) in [6, 6.07) is 38.7. The van der Waals surface area contributed by atoms with Crippen molar-refractivity contribution in [2.75, 3.05) is 17.4 Å². The predicted molar refractivity (Wildman–Crippen MR) is 198 cm³/mol. The number of benzene rings is 5. The summed E-state index contributed by atoms with van der Waals surface area (Å²) in [6.45, 7) is 5.83. The monoisotopic (exact) mass is 689 g/mol. The van der Waals surface area contributed by atoms with Gasteiger partial charge in [0.2, 0.25) is 11.8 Å². The Balaban J connectivity index is 1.55. The van der Waals surface area contributed by atoms with Crippen LogP contribution in [-0.4, -0.2) is 44.3 Å². The normalized spacial score (nSPS) is 11.7. The molecule has 8 nitrogen and oxygen atoms in total. The lowest BCUT2D eigenvalue weighted by atomic mass is 10.0.